The number of carbonyl (C=O) groups is 4. The molecular weight excluding hydrogens is 398 g/mol. The highest BCUT2D eigenvalue weighted by atomic mass is 16.7. The second-order valence-electron chi connectivity index (χ2n) is 9.06. The van der Waals surface area contributed by atoms with Crippen molar-refractivity contribution in [3.63, 3.8) is 0 Å². The van der Waals surface area contributed by atoms with Gasteiger partial charge in [0.1, 0.15) is 6.04 Å². The molecule has 1 unspecified atom stereocenters. The zero-order valence-corrected chi connectivity index (χ0v) is 17.5. The number of rotatable bonds is 4. The Hall–Kier alpha value is -2.74. The first-order valence-electron chi connectivity index (χ1n) is 11.2. The van der Waals surface area contributed by atoms with Gasteiger partial charge in [0, 0.05) is 31.6 Å². The maximum Gasteiger partial charge on any atom is 0.328 e. The quantitative estimate of drug-likeness (QED) is 0.740. The van der Waals surface area contributed by atoms with E-state index in [4.69, 9.17) is 4.84 Å². The smallest absolute Gasteiger partial charge is 0.328 e. The number of carbonyl (C=O) groups excluding carboxylic acids is 4. The van der Waals surface area contributed by atoms with Crippen LogP contribution in [0.2, 0.25) is 0 Å². The molecule has 3 amide bonds. The molecule has 3 fully saturated rings. The van der Waals surface area contributed by atoms with Crippen LogP contribution in [-0.2, 0) is 25.8 Å². The molecule has 1 aliphatic carbocycles. The first-order chi connectivity index (χ1) is 15.0. The first kappa shape index (κ1) is 20.2. The maximum absolute atomic E-state index is 13.0. The van der Waals surface area contributed by atoms with Crippen molar-refractivity contribution in [1.82, 2.24) is 15.3 Å². The van der Waals surface area contributed by atoms with Gasteiger partial charge in [-0.25, -0.2) is 0 Å². The van der Waals surface area contributed by atoms with Crippen molar-refractivity contribution in [2.45, 2.75) is 63.5 Å². The van der Waals surface area contributed by atoms with Gasteiger partial charge in [0.2, 0.25) is 11.8 Å². The summed E-state index contributed by atoms with van der Waals surface area (Å²) in [5, 5.41) is 4.11. The molecule has 31 heavy (non-hydrogen) atoms. The molecule has 2 saturated heterocycles. The van der Waals surface area contributed by atoms with Crippen LogP contribution in [0.15, 0.2) is 18.2 Å². The third-order valence-electron chi connectivity index (χ3n) is 7.14. The van der Waals surface area contributed by atoms with Gasteiger partial charge < -0.3 is 9.74 Å². The first-order valence-corrected chi connectivity index (χ1v) is 11.2. The van der Waals surface area contributed by atoms with Crippen LogP contribution in [0.1, 0.15) is 72.3 Å². The Morgan fingerprint density at radius 2 is 1.81 bits per heavy atom. The van der Waals surface area contributed by atoms with Gasteiger partial charge in [-0.1, -0.05) is 18.6 Å². The highest BCUT2D eigenvalue weighted by Crippen LogP contribution is 2.34. The van der Waals surface area contributed by atoms with E-state index >= 15 is 0 Å². The predicted octanol–water partition coefficient (Wildman–Crippen LogP) is 1.89. The molecule has 8 heteroatoms. The van der Waals surface area contributed by atoms with Gasteiger partial charge in [-0.15, -0.1) is 5.06 Å². The number of piperidine rings is 2. The Balaban J connectivity index is 1.21. The summed E-state index contributed by atoms with van der Waals surface area (Å²) < 4.78 is 0. The number of nitrogens with one attached hydrogen (secondary N) is 1. The normalized spacial score (nSPS) is 25.2. The lowest BCUT2D eigenvalue weighted by Gasteiger charge is -2.33. The van der Waals surface area contributed by atoms with Crippen LogP contribution in [0.3, 0.4) is 0 Å². The van der Waals surface area contributed by atoms with Crippen molar-refractivity contribution in [3.8, 4) is 0 Å². The van der Waals surface area contributed by atoms with Crippen LogP contribution in [0.4, 0.5) is 0 Å². The molecule has 0 bridgehead atoms. The van der Waals surface area contributed by atoms with Gasteiger partial charge in [-0.2, -0.15) is 0 Å². The van der Waals surface area contributed by atoms with E-state index in [1.807, 2.05) is 12.1 Å². The van der Waals surface area contributed by atoms with Crippen molar-refractivity contribution in [3.05, 3.63) is 34.9 Å². The monoisotopic (exact) mass is 425 g/mol. The second kappa shape index (κ2) is 8.07. The Morgan fingerprint density at radius 3 is 2.48 bits per heavy atom. The summed E-state index contributed by atoms with van der Waals surface area (Å²) in [6.07, 6.45) is 5.34. The van der Waals surface area contributed by atoms with Crippen LogP contribution in [0.5, 0.6) is 0 Å². The summed E-state index contributed by atoms with van der Waals surface area (Å²) in [4.78, 5) is 55.8. The van der Waals surface area contributed by atoms with E-state index in [0.29, 0.717) is 37.5 Å². The summed E-state index contributed by atoms with van der Waals surface area (Å²) in [6.45, 7) is 1.78. The summed E-state index contributed by atoms with van der Waals surface area (Å²) in [5.41, 5.74) is 2.69. The molecule has 3 aliphatic heterocycles. The van der Waals surface area contributed by atoms with Gasteiger partial charge in [0.05, 0.1) is 5.92 Å². The van der Waals surface area contributed by atoms with Crippen LogP contribution in [-0.4, -0.2) is 52.8 Å². The van der Waals surface area contributed by atoms with E-state index in [1.54, 1.807) is 9.96 Å². The third-order valence-corrected chi connectivity index (χ3v) is 7.14. The van der Waals surface area contributed by atoms with Crippen LogP contribution in [0.25, 0.3) is 0 Å². The zero-order chi connectivity index (χ0) is 21.5. The number of hydroxylamine groups is 2. The highest BCUT2D eigenvalue weighted by molar-refractivity contribution is 6.05. The second-order valence-corrected chi connectivity index (χ2v) is 9.06. The van der Waals surface area contributed by atoms with E-state index in [-0.39, 0.29) is 36.0 Å². The molecule has 1 aromatic rings. The minimum Gasteiger partial charge on any atom is -0.368 e. The standard InChI is InChI=1S/C23H27N3O5/c27-20-7-6-19(21(28)24-20)26-13-17-5-4-16(12-18(17)22(26)29)14-8-10-25(11-9-14)31-23(30)15-2-1-3-15/h4-5,12,14-15,19H,1-3,6-11,13H2,(H,24,27,28). The lowest BCUT2D eigenvalue weighted by molar-refractivity contribution is -0.203. The van der Waals surface area contributed by atoms with E-state index in [1.165, 1.54) is 0 Å². The summed E-state index contributed by atoms with van der Waals surface area (Å²) in [6, 6.07) is 5.43. The Morgan fingerprint density at radius 1 is 1.03 bits per heavy atom. The molecule has 1 aromatic carbocycles. The molecular formula is C23H27N3O5. The van der Waals surface area contributed by atoms with Crippen molar-refractivity contribution in [2.24, 2.45) is 5.92 Å². The number of benzene rings is 1. The summed E-state index contributed by atoms with van der Waals surface area (Å²) >= 11 is 0. The van der Waals surface area contributed by atoms with Crippen LogP contribution < -0.4 is 5.32 Å². The molecule has 1 saturated carbocycles. The fourth-order valence-corrected chi connectivity index (χ4v) is 4.95. The molecule has 4 aliphatic rings. The fourth-order valence-electron chi connectivity index (χ4n) is 4.95. The molecule has 1 N–H and O–H groups in total. The Labute approximate surface area is 180 Å². The predicted molar refractivity (Wildman–Crippen MR) is 109 cm³/mol. The van der Waals surface area contributed by atoms with Crippen molar-refractivity contribution in [1.29, 1.82) is 0 Å². The largest absolute Gasteiger partial charge is 0.368 e. The maximum atomic E-state index is 13.0. The lowest BCUT2D eigenvalue weighted by atomic mass is 9.86. The van der Waals surface area contributed by atoms with Gasteiger partial charge in [-0.3, -0.25) is 24.5 Å². The van der Waals surface area contributed by atoms with Gasteiger partial charge in [0.15, 0.2) is 0 Å². The minimum absolute atomic E-state index is 0.0766. The van der Waals surface area contributed by atoms with E-state index < -0.39 is 6.04 Å². The van der Waals surface area contributed by atoms with Crippen molar-refractivity contribution < 1.29 is 24.0 Å². The van der Waals surface area contributed by atoms with Crippen molar-refractivity contribution in [2.75, 3.05) is 13.1 Å². The number of hydrogen-bond acceptors (Lipinski definition) is 6. The average Bonchev–Trinajstić information content (AvgIpc) is 3.03. The number of imide groups is 1. The lowest BCUT2D eigenvalue weighted by Crippen LogP contribution is -2.52. The number of amides is 3. The number of nitrogens with zero attached hydrogens (tertiary/aromatic N) is 2. The molecule has 0 spiro atoms. The highest BCUT2D eigenvalue weighted by Gasteiger charge is 2.39. The van der Waals surface area contributed by atoms with E-state index in [9.17, 15) is 19.2 Å². The Kier molecular flexibility index (Phi) is 5.25. The summed E-state index contributed by atoms with van der Waals surface area (Å²) in [5.74, 6) is -0.521. The number of fused-ring (bicyclic) bond motifs is 1. The molecule has 0 aromatic heterocycles. The zero-order valence-electron chi connectivity index (χ0n) is 17.5. The van der Waals surface area contributed by atoms with Crippen molar-refractivity contribution >= 4 is 23.7 Å². The topological polar surface area (TPSA) is 96.0 Å². The molecule has 5 rings (SSSR count). The molecule has 8 nitrogen and oxygen atoms in total. The SMILES string of the molecule is O=C1CCC(N2Cc3ccc(C4CCN(OC(=O)C5CCC5)CC4)cc3C2=O)C(=O)N1. The van der Waals surface area contributed by atoms with Crippen LogP contribution in [0, 0.1) is 5.92 Å². The van der Waals surface area contributed by atoms with Crippen LogP contribution >= 0.6 is 0 Å². The Bertz CT molecular complexity index is 933. The van der Waals surface area contributed by atoms with Gasteiger partial charge in [-0.05, 0) is 55.2 Å². The molecule has 164 valence electrons. The third kappa shape index (κ3) is 3.84. The molecule has 0 radical (unpaired) electrons. The molecule has 1 atom stereocenters. The minimum atomic E-state index is -0.588. The fraction of sp³-hybridized carbons (Fsp3) is 0.565. The van der Waals surface area contributed by atoms with E-state index in [0.717, 1.165) is 43.2 Å². The summed E-state index contributed by atoms with van der Waals surface area (Å²) in [7, 11) is 0. The van der Waals surface area contributed by atoms with Gasteiger partial charge >= 0.3 is 5.97 Å². The number of hydrogen-bond donors (Lipinski definition) is 1. The average molecular weight is 425 g/mol. The molecule has 3 heterocycles. The van der Waals surface area contributed by atoms with Gasteiger partial charge in [0.25, 0.3) is 5.91 Å². The van der Waals surface area contributed by atoms with E-state index in [2.05, 4.69) is 11.4 Å².